The molecule has 9 heteroatoms. The van der Waals surface area contributed by atoms with Gasteiger partial charge in [0.1, 0.15) is 12.3 Å². The normalized spacial score (nSPS) is 13.0. The Hall–Kier alpha value is -1.45. The minimum Gasteiger partial charge on any atom is -0.392 e. The highest BCUT2D eigenvalue weighted by molar-refractivity contribution is 6.76. The van der Waals surface area contributed by atoms with E-state index in [0.717, 1.165) is 6.04 Å². The molecule has 5 nitrogen and oxygen atoms in total. The highest BCUT2D eigenvalue weighted by Crippen LogP contribution is 2.26. The third-order valence-corrected chi connectivity index (χ3v) is 4.61. The number of nitrogens with zero attached hydrogens (tertiary/aromatic N) is 2. The molecule has 23 heavy (non-hydrogen) atoms. The van der Waals surface area contributed by atoms with Gasteiger partial charge in [0.2, 0.25) is 0 Å². The summed E-state index contributed by atoms with van der Waals surface area (Å²) in [4.78, 5) is 11.9. The molecule has 0 aliphatic heterocycles. The predicted octanol–water partition coefficient (Wildman–Crippen LogP) is 2.58. The van der Waals surface area contributed by atoms with Crippen molar-refractivity contribution in [3.8, 4) is 0 Å². The molecule has 1 aromatic rings. The van der Waals surface area contributed by atoms with Crippen LogP contribution in [0.5, 0.6) is 0 Å². The number of rotatable bonds is 7. The number of aliphatic hydroxyl groups excluding tert-OH is 1. The van der Waals surface area contributed by atoms with Gasteiger partial charge >= 0.3 is 6.18 Å². The van der Waals surface area contributed by atoms with Crippen LogP contribution in [0, 0.1) is 0 Å². The standard InChI is InChI=1S/C14H21F3N2O3Si/c1-23(2,3)8-7-22-10-19-13(21)12(14(15,16)17)9-11(18-19)5-4-6-20/h4-5,9,20H,6-8,10H2,1-3H3/b5-4+. The second-order valence-corrected chi connectivity index (χ2v) is 11.8. The fourth-order valence-electron chi connectivity index (χ4n) is 1.64. The molecule has 0 aliphatic carbocycles. The van der Waals surface area contributed by atoms with Gasteiger partial charge in [0, 0.05) is 14.7 Å². The lowest BCUT2D eigenvalue weighted by Crippen LogP contribution is -2.32. The van der Waals surface area contributed by atoms with Gasteiger partial charge in [-0.25, -0.2) is 4.68 Å². The van der Waals surface area contributed by atoms with Gasteiger partial charge in [-0.05, 0) is 18.2 Å². The van der Waals surface area contributed by atoms with E-state index in [1.807, 2.05) is 0 Å². The van der Waals surface area contributed by atoms with Gasteiger partial charge in [-0.3, -0.25) is 4.79 Å². The van der Waals surface area contributed by atoms with Crippen molar-refractivity contribution in [2.24, 2.45) is 0 Å². The zero-order chi connectivity index (χ0) is 17.7. The molecule has 0 saturated carbocycles. The molecule has 0 radical (unpaired) electrons. The monoisotopic (exact) mass is 350 g/mol. The maximum absolute atomic E-state index is 12.9. The first kappa shape index (κ1) is 19.6. The van der Waals surface area contributed by atoms with E-state index in [1.54, 1.807) is 0 Å². The molecule has 1 aromatic heterocycles. The van der Waals surface area contributed by atoms with Crippen LogP contribution in [-0.2, 0) is 17.6 Å². The molecular weight excluding hydrogens is 329 g/mol. The molecule has 0 atom stereocenters. The fourth-order valence-corrected chi connectivity index (χ4v) is 2.39. The average Bonchev–Trinajstić information content (AvgIpc) is 2.41. The summed E-state index contributed by atoms with van der Waals surface area (Å²) in [5, 5.41) is 12.5. The summed E-state index contributed by atoms with van der Waals surface area (Å²) in [6.07, 6.45) is -2.32. The van der Waals surface area contributed by atoms with Crippen molar-refractivity contribution in [2.45, 2.75) is 38.6 Å². The van der Waals surface area contributed by atoms with Crippen LogP contribution in [0.3, 0.4) is 0 Å². The minimum atomic E-state index is -4.78. The highest BCUT2D eigenvalue weighted by Gasteiger charge is 2.35. The predicted molar refractivity (Wildman–Crippen MR) is 83.7 cm³/mol. The summed E-state index contributed by atoms with van der Waals surface area (Å²) >= 11 is 0. The number of halogens is 3. The van der Waals surface area contributed by atoms with E-state index in [1.165, 1.54) is 12.2 Å². The molecule has 0 saturated heterocycles. The fraction of sp³-hybridized carbons (Fsp3) is 0.571. The topological polar surface area (TPSA) is 64.3 Å². The highest BCUT2D eigenvalue weighted by atomic mass is 28.3. The minimum absolute atomic E-state index is 0.0697. The molecule has 0 unspecified atom stereocenters. The molecule has 0 spiro atoms. The van der Waals surface area contributed by atoms with Crippen molar-refractivity contribution in [1.29, 1.82) is 0 Å². The van der Waals surface area contributed by atoms with E-state index in [2.05, 4.69) is 24.7 Å². The van der Waals surface area contributed by atoms with Crippen LogP contribution in [0.2, 0.25) is 25.7 Å². The molecule has 0 amide bonds. The van der Waals surface area contributed by atoms with Gasteiger partial charge in [-0.1, -0.05) is 25.7 Å². The number of alkyl halides is 3. The van der Waals surface area contributed by atoms with Crippen molar-refractivity contribution in [3.63, 3.8) is 0 Å². The van der Waals surface area contributed by atoms with E-state index >= 15 is 0 Å². The van der Waals surface area contributed by atoms with Crippen LogP contribution < -0.4 is 5.56 Å². The van der Waals surface area contributed by atoms with Crippen LogP contribution in [0.25, 0.3) is 6.08 Å². The summed E-state index contributed by atoms with van der Waals surface area (Å²) in [5.41, 5.74) is -2.62. The number of hydrogen-bond donors (Lipinski definition) is 1. The first-order valence-electron chi connectivity index (χ1n) is 7.09. The largest absolute Gasteiger partial charge is 0.421 e. The Kier molecular flexibility index (Phi) is 6.72. The zero-order valence-corrected chi connectivity index (χ0v) is 14.4. The maximum atomic E-state index is 12.9. The molecule has 1 heterocycles. The molecule has 0 bridgehead atoms. The van der Waals surface area contributed by atoms with E-state index in [4.69, 9.17) is 9.84 Å². The molecule has 0 aromatic carbocycles. The van der Waals surface area contributed by atoms with Gasteiger partial charge in [-0.15, -0.1) is 0 Å². The maximum Gasteiger partial charge on any atom is 0.421 e. The van der Waals surface area contributed by atoms with Crippen molar-refractivity contribution < 1.29 is 23.0 Å². The van der Waals surface area contributed by atoms with Crippen LogP contribution >= 0.6 is 0 Å². The lowest BCUT2D eigenvalue weighted by atomic mass is 10.2. The van der Waals surface area contributed by atoms with Crippen molar-refractivity contribution in [3.05, 3.63) is 33.8 Å². The quantitative estimate of drug-likeness (QED) is 0.606. The number of aliphatic hydroxyl groups is 1. The zero-order valence-electron chi connectivity index (χ0n) is 13.4. The van der Waals surface area contributed by atoms with Crippen molar-refractivity contribution in [1.82, 2.24) is 9.78 Å². The first-order valence-corrected chi connectivity index (χ1v) is 10.8. The number of ether oxygens (including phenoxy) is 1. The summed E-state index contributed by atoms with van der Waals surface area (Å²) in [7, 11) is -1.33. The number of aromatic nitrogens is 2. The van der Waals surface area contributed by atoms with Crippen LogP contribution in [-0.4, -0.2) is 36.2 Å². The van der Waals surface area contributed by atoms with E-state index < -0.39 is 25.4 Å². The lowest BCUT2D eigenvalue weighted by Gasteiger charge is -2.16. The smallest absolute Gasteiger partial charge is 0.392 e. The first-order chi connectivity index (χ1) is 10.5. The SMILES string of the molecule is C[Si](C)(C)CCOCn1nc(/C=C/CO)cc(C(F)(F)F)c1=O. The molecule has 1 rings (SSSR count). The van der Waals surface area contributed by atoms with Gasteiger partial charge < -0.3 is 9.84 Å². The Balaban J connectivity index is 3.01. The van der Waals surface area contributed by atoms with Crippen molar-refractivity contribution in [2.75, 3.05) is 13.2 Å². The lowest BCUT2D eigenvalue weighted by molar-refractivity contribution is -0.139. The van der Waals surface area contributed by atoms with E-state index in [0.29, 0.717) is 17.4 Å². The Morgan fingerprint density at radius 2 is 2.04 bits per heavy atom. The molecule has 0 fully saturated rings. The summed E-state index contributed by atoms with van der Waals surface area (Å²) in [6.45, 7) is 6.11. The molecule has 1 N–H and O–H groups in total. The van der Waals surface area contributed by atoms with Crippen LogP contribution in [0.4, 0.5) is 13.2 Å². The van der Waals surface area contributed by atoms with Gasteiger partial charge in [0.25, 0.3) is 5.56 Å². The van der Waals surface area contributed by atoms with E-state index in [9.17, 15) is 18.0 Å². The Labute approximate surface area is 133 Å². The second-order valence-electron chi connectivity index (χ2n) is 6.22. The summed E-state index contributed by atoms with van der Waals surface area (Å²) in [6, 6.07) is 1.49. The Bertz CT molecular complexity index is 607. The summed E-state index contributed by atoms with van der Waals surface area (Å²) < 4.78 is 44.7. The van der Waals surface area contributed by atoms with Crippen LogP contribution in [0.1, 0.15) is 11.3 Å². The molecule has 130 valence electrons. The Morgan fingerprint density at radius 1 is 1.39 bits per heavy atom. The second kappa shape index (κ2) is 7.89. The Morgan fingerprint density at radius 3 is 2.57 bits per heavy atom. The van der Waals surface area contributed by atoms with Crippen LogP contribution in [0.15, 0.2) is 16.9 Å². The summed E-state index contributed by atoms with van der Waals surface area (Å²) in [5.74, 6) is 0. The van der Waals surface area contributed by atoms with Crippen molar-refractivity contribution >= 4 is 14.1 Å². The third-order valence-electron chi connectivity index (χ3n) is 2.90. The average molecular weight is 350 g/mol. The third kappa shape index (κ3) is 6.67. The molecular formula is C14H21F3N2O3Si. The van der Waals surface area contributed by atoms with E-state index in [-0.39, 0.29) is 19.0 Å². The van der Waals surface area contributed by atoms with Gasteiger partial charge in [0.05, 0.1) is 12.3 Å². The van der Waals surface area contributed by atoms with Gasteiger partial charge in [0.15, 0.2) is 0 Å². The van der Waals surface area contributed by atoms with Gasteiger partial charge in [-0.2, -0.15) is 18.3 Å². The number of hydrogen-bond acceptors (Lipinski definition) is 4. The molecule has 0 aliphatic rings.